The molecule has 0 bridgehead atoms. The van der Waals surface area contributed by atoms with Gasteiger partial charge in [0, 0.05) is 57.2 Å². The highest BCUT2D eigenvalue weighted by Crippen LogP contribution is 2.45. The Labute approximate surface area is 254 Å². The number of amides is 2. The van der Waals surface area contributed by atoms with Crippen molar-refractivity contribution in [1.82, 2.24) is 9.80 Å². The predicted octanol–water partition coefficient (Wildman–Crippen LogP) is 7.50. The molecule has 3 aromatic carbocycles. The molecule has 2 aliphatic rings. The molecule has 41 heavy (non-hydrogen) atoms. The molecule has 0 aromatic heterocycles. The minimum absolute atomic E-state index is 0.0505. The van der Waals surface area contributed by atoms with Crippen LogP contribution in [0.1, 0.15) is 41.9 Å². The van der Waals surface area contributed by atoms with Crippen LogP contribution in [0.3, 0.4) is 0 Å². The van der Waals surface area contributed by atoms with E-state index in [0.717, 1.165) is 11.1 Å². The highest BCUT2D eigenvalue weighted by Gasteiger charge is 2.46. The molecule has 5 rings (SSSR count). The molecule has 1 atom stereocenters. The second-order valence-electron chi connectivity index (χ2n) is 10.7. The zero-order valence-electron chi connectivity index (χ0n) is 22.9. The van der Waals surface area contributed by atoms with Crippen LogP contribution in [0.15, 0.2) is 60.7 Å². The smallest absolute Gasteiger partial charge is 0.414 e. The van der Waals surface area contributed by atoms with Crippen LogP contribution in [0.4, 0.5) is 14.9 Å². The molecular weight excluding hydrogens is 588 g/mol. The second kappa shape index (κ2) is 12.2. The summed E-state index contributed by atoms with van der Waals surface area (Å²) in [5.41, 5.74) is 2.15. The number of carbonyl (C=O) groups excluding carboxylic acids is 2. The quantitative estimate of drug-likeness (QED) is 0.275. The van der Waals surface area contributed by atoms with Gasteiger partial charge < -0.3 is 14.5 Å². The average Bonchev–Trinajstić information content (AvgIpc) is 2.96. The molecule has 6 nitrogen and oxygen atoms in total. The summed E-state index contributed by atoms with van der Waals surface area (Å²) in [7, 11) is 3.40. The van der Waals surface area contributed by atoms with Gasteiger partial charge in [-0.3, -0.25) is 9.69 Å². The van der Waals surface area contributed by atoms with Gasteiger partial charge in [-0.1, -0.05) is 59.1 Å². The number of hydrogen-bond donors (Lipinski definition) is 0. The lowest BCUT2D eigenvalue weighted by molar-refractivity contribution is -0.132. The minimum atomic E-state index is -0.869. The number of halogens is 4. The number of carbonyl (C=O) groups is 2. The molecular formula is C31H31Cl3FN3O3. The van der Waals surface area contributed by atoms with E-state index in [9.17, 15) is 14.0 Å². The van der Waals surface area contributed by atoms with E-state index < -0.39 is 17.6 Å². The molecule has 10 heteroatoms. The van der Waals surface area contributed by atoms with Gasteiger partial charge in [0.25, 0.3) is 0 Å². The summed E-state index contributed by atoms with van der Waals surface area (Å²) in [6.45, 7) is 2.27. The van der Waals surface area contributed by atoms with Crippen molar-refractivity contribution in [2.75, 3.05) is 38.6 Å². The molecule has 2 heterocycles. The monoisotopic (exact) mass is 617 g/mol. The standard InChI is InChI=1S/C31H31Cl3FN3O3/c1-36(19-21-5-3-4-6-25(21)32)29(39)23(20-7-9-26(33)27(34)17-20)11-14-38-15-12-31(13-16-38)24-18-22(35)8-10-28(24)37(2)30(40)41-31/h3-10,17-18,23H,11-16,19H2,1-2H3/t23-/m0/s1. The largest absolute Gasteiger partial charge is 0.437 e. The number of likely N-dealkylation sites (tertiary alicyclic amines) is 1. The Morgan fingerprint density at radius 2 is 1.76 bits per heavy atom. The Kier molecular flexibility index (Phi) is 8.81. The van der Waals surface area contributed by atoms with Crippen LogP contribution in [-0.4, -0.2) is 55.5 Å². The summed E-state index contributed by atoms with van der Waals surface area (Å²) in [5.74, 6) is -0.865. The topological polar surface area (TPSA) is 53.1 Å². The van der Waals surface area contributed by atoms with Crippen molar-refractivity contribution in [1.29, 1.82) is 0 Å². The lowest BCUT2D eigenvalue weighted by Gasteiger charge is -2.46. The first-order chi connectivity index (χ1) is 19.6. The van der Waals surface area contributed by atoms with E-state index in [1.165, 1.54) is 17.0 Å². The normalized spacial score (nSPS) is 17.2. The Hall–Kier alpha value is -2.84. The Morgan fingerprint density at radius 3 is 2.46 bits per heavy atom. The van der Waals surface area contributed by atoms with E-state index in [4.69, 9.17) is 39.5 Å². The first-order valence-electron chi connectivity index (χ1n) is 13.5. The highest BCUT2D eigenvalue weighted by molar-refractivity contribution is 6.42. The van der Waals surface area contributed by atoms with Crippen LogP contribution < -0.4 is 4.90 Å². The Bertz CT molecular complexity index is 1460. The van der Waals surface area contributed by atoms with Crippen LogP contribution in [0.2, 0.25) is 15.1 Å². The van der Waals surface area contributed by atoms with Crippen molar-refractivity contribution in [3.05, 3.63) is 98.2 Å². The van der Waals surface area contributed by atoms with E-state index in [0.29, 0.717) is 71.8 Å². The van der Waals surface area contributed by atoms with E-state index in [2.05, 4.69) is 4.90 Å². The summed E-state index contributed by atoms with van der Waals surface area (Å²) in [6, 6.07) is 17.2. The van der Waals surface area contributed by atoms with Crippen LogP contribution in [0, 0.1) is 5.82 Å². The molecule has 1 fully saturated rings. The minimum Gasteiger partial charge on any atom is -0.437 e. The van der Waals surface area contributed by atoms with Gasteiger partial charge in [0.15, 0.2) is 0 Å². The van der Waals surface area contributed by atoms with Crippen molar-refractivity contribution < 1.29 is 18.7 Å². The summed E-state index contributed by atoms with van der Waals surface area (Å²) in [6.07, 6.45) is 1.16. The van der Waals surface area contributed by atoms with Crippen molar-refractivity contribution in [3.8, 4) is 0 Å². The maximum Gasteiger partial charge on any atom is 0.414 e. The number of hydrogen-bond acceptors (Lipinski definition) is 4. The van der Waals surface area contributed by atoms with Gasteiger partial charge in [-0.2, -0.15) is 0 Å². The molecule has 1 spiro atoms. The van der Waals surface area contributed by atoms with Crippen LogP contribution in [0.5, 0.6) is 0 Å². The van der Waals surface area contributed by atoms with Gasteiger partial charge in [-0.15, -0.1) is 0 Å². The zero-order valence-corrected chi connectivity index (χ0v) is 25.1. The van der Waals surface area contributed by atoms with Crippen LogP contribution in [0.25, 0.3) is 0 Å². The molecule has 0 N–H and O–H groups in total. The van der Waals surface area contributed by atoms with E-state index in [1.54, 1.807) is 37.2 Å². The highest BCUT2D eigenvalue weighted by atomic mass is 35.5. The van der Waals surface area contributed by atoms with E-state index in [-0.39, 0.29) is 11.7 Å². The molecule has 0 radical (unpaired) electrons. The molecule has 1 saturated heterocycles. The third kappa shape index (κ3) is 6.19. The van der Waals surface area contributed by atoms with E-state index >= 15 is 0 Å². The van der Waals surface area contributed by atoms with Crippen LogP contribution in [-0.2, 0) is 21.7 Å². The summed E-state index contributed by atoms with van der Waals surface area (Å²) < 4.78 is 20.1. The first-order valence-corrected chi connectivity index (χ1v) is 14.6. The Morgan fingerprint density at radius 1 is 1.02 bits per heavy atom. The van der Waals surface area contributed by atoms with Crippen molar-refractivity contribution in [3.63, 3.8) is 0 Å². The molecule has 3 aromatic rings. The fraction of sp³-hybridized carbons (Fsp3) is 0.355. The molecule has 0 unspecified atom stereocenters. The molecule has 0 saturated carbocycles. The fourth-order valence-corrected chi connectivity index (χ4v) is 6.27. The second-order valence-corrected chi connectivity index (χ2v) is 11.9. The molecule has 216 valence electrons. The first kappa shape index (κ1) is 29.6. The number of rotatable bonds is 7. The number of anilines is 1. The van der Waals surface area contributed by atoms with Gasteiger partial charge >= 0.3 is 6.09 Å². The third-order valence-electron chi connectivity index (χ3n) is 8.15. The van der Waals surface area contributed by atoms with Gasteiger partial charge in [0.2, 0.25) is 5.91 Å². The SMILES string of the molecule is CN(Cc1ccccc1Cl)C(=O)[C@@H](CCN1CCC2(CC1)OC(=O)N(C)c1ccc(F)cc12)c1ccc(Cl)c(Cl)c1. The predicted molar refractivity (Wildman–Crippen MR) is 160 cm³/mol. The number of ether oxygens (including phenoxy) is 1. The molecule has 0 aliphatic carbocycles. The number of piperidine rings is 1. The van der Waals surface area contributed by atoms with Gasteiger partial charge in [0.1, 0.15) is 11.4 Å². The summed E-state index contributed by atoms with van der Waals surface area (Å²) >= 11 is 18.9. The van der Waals surface area contributed by atoms with Gasteiger partial charge in [-0.25, -0.2) is 9.18 Å². The number of nitrogens with zero attached hydrogens (tertiary/aromatic N) is 3. The Balaban J connectivity index is 1.31. The molecule has 2 amide bonds. The van der Waals surface area contributed by atoms with Crippen molar-refractivity contribution >= 4 is 52.5 Å². The summed E-state index contributed by atoms with van der Waals surface area (Å²) in [5, 5.41) is 1.43. The van der Waals surface area contributed by atoms with Crippen LogP contribution >= 0.6 is 34.8 Å². The van der Waals surface area contributed by atoms with E-state index in [1.807, 2.05) is 30.3 Å². The lowest BCUT2D eigenvalue weighted by atomic mass is 9.81. The third-order valence-corrected chi connectivity index (χ3v) is 9.26. The number of benzene rings is 3. The average molecular weight is 619 g/mol. The fourth-order valence-electron chi connectivity index (χ4n) is 5.76. The molecule has 2 aliphatic heterocycles. The summed E-state index contributed by atoms with van der Waals surface area (Å²) in [4.78, 5) is 31.8. The van der Waals surface area contributed by atoms with Gasteiger partial charge in [0.05, 0.1) is 21.7 Å². The zero-order chi connectivity index (χ0) is 29.3. The van der Waals surface area contributed by atoms with Gasteiger partial charge in [-0.05, 0) is 60.5 Å². The number of likely N-dealkylation sites (N-methyl/N-ethyl adjacent to an activating group) is 1. The van der Waals surface area contributed by atoms with Crippen molar-refractivity contribution in [2.24, 2.45) is 0 Å². The van der Waals surface area contributed by atoms with Crippen molar-refractivity contribution in [2.45, 2.75) is 37.3 Å². The maximum absolute atomic E-state index is 14.2. The lowest BCUT2D eigenvalue weighted by Crippen LogP contribution is -2.51. The maximum atomic E-state index is 14.2. The number of fused-ring (bicyclic) bond motifs is 2.